The summed E-state index contributed by atoms with van der Waals surface area (Å²) in [5, 5.41) is 11.8. The fraction of sp³-hybridized carbons (Fsp3) is 0.800. The first-order valence-corrected chi connectivity index (χ1v) is 8.77. The Morgan fingerprint density at radius 3 is 3.00 bits per heavy atom. The predicted molar refractivity (Wildman–Crippen MR) is 84.7 cm³/mol. The van der Waals surface area contributed by atoms with Gasteiger partial charge in [0.25, 0.3) is 0 Å². The standard InChI is InChI=1S/C15H25BrN4/c16-12-10-19-20(11-12)9-8-18-15-6-3-4-13(15)14-5-1-2-7-17-14/h10-11,13-15,17-18H,1-9H2. The van der Waals surface area contributed by atoms with E-state index in [2.05, 4.69) is 31.7 Å². The summed E-state index contributed by atoms with van der Waals surface area (Å²) in [6.07, 6.45) is 12.1. The maximum absolute atomic E-state index is 4.31. The van der Waals surface area contributed by atoms with E-state index < -0.39 is 0 Å². The predicted octanol–water partition coefficient (Wildman–Crippen LogP) is 2.55. The van der Waals surface area contributed by atoms with Crippen molar-refractivity contribution in [3.63, 3.8) is 0 Å². The van der Waals surface area contributed by atoms with Crippen molar-refractivity contribution in [2.24, 2.45) is 5.92 Å². The van der Waals surface area contributed by atoms with E-state index in [1.54, 1.807) is 0 Å². The van der Waals surface area contributed by atoms with Gasteiger partial charge in [0, 0.05) is 24.8 Å². The lowest BCUT2D eigenvalue weighted by molar-refractivity contribution is 0.256. The van der Waals surface area contributed by atoms with Crippen LogP contribution in [0.2, 0.25) is 0 Å². The highest BCUT2D eigenvalue weighted by Gasteiger charge is 2.33. The first-order valence-electron chi connectivity index (χ1n) is 7.97. The second kappa shape index (κ2) is 7.05. The minimum Gasteiger partial charge on any atom is -0.314 e. The highest BCUT2D eigenvalue weighted by molar-refractivity contribution is 9.10. The van der Waals surface area contributed by atoms with E-state index in [1.807, 2.05) is 17.1 Å². The summed E-state index contributed by atoms with van der Waals surface area (Å²) in [4.78, 5) is 0. The summed E-state index contributed by atoms with van der Waals surface area (Å²) in [5.74, 6) is 0.833. The Morgan fingerprint density at radius 1 is 1.30 bits per heavy atom. The molecule has 1 aliphatic carbocycles. The van der Waals surface area contributed by atoms with E-state index in [0.717, 1.165) is 29.5 Å². The van der Waals surface area contributed by atoms with Gasteiger partial charge in [0.05, 0.1) is 17.2 Å². The molecule has 1 aromatic heterocycles. The molecule has 0 bridgehead atoms. The van der Waals surface area contributed by atoms with E-state index in [1.165, 1.54) is 45.1 Å². The number of nitrogens with zero attached hydrogens (tertiary/aromatic N) is 2. The van der Waals surface area contributed by atoms with Gasteiger partial charge >= 0.3 is 0 Å². The third-order valence-electron chi connectivity index (χ3n) is 4.78. The van der Waals surface area contributed by atoms with Crippen molar-refractivity contribution < 1.29 is 0 Å². The Balaban J connectivity index is 1.46. The minimum absolute atomic E-state index is 0.699. The van der Waals surface area contributed by atoms with E-state index in [0.29, 0.717) is 6.04 Å². The van der Waals surface area contributed by atoms with Gasteiger partial charge in [-0.3, -0.25) is 4.68 Å². The maximum Gasteiger partial charge on any atom is 0.0632 e. The van der Waals surface area contributed by atoms with Gasteiger partial charge in [-0.05, 0) is 54.1 Å². The van der Waals surface area contributed by atoms with Crippen molar-refractivity contribution in [2.45, 2.75) is 57.2 Å². The lowest BCUT2D eigenvalue weighted by Crippen LogP contribution is -2.47. The van der Waals surface area contributed by atoms with Crippen molar-refractivity contribution >= 4 is 15.9 Å². The minimum atomic E-state index is 0.699. The summed E-state index contributed by atoms with van der Waals surface area (Å²) in [6.45, 7) is 3.18. The molecule has 4 nitrogen and oxygen atoms in total. The smallest absolute Gasteiger partial charge is 0.0632 e. The Hall–Kier alpha value is -0.390. The third-order valence-corrected chi connectivity index (χ3v) is 5.19. The Morgan fingerprint density at radius 2 is 2.25 bits per heavy atom. The zero-order valence-corrected chi connectivity index (χ0v) is 13.6. The van der Waals surface area contributed by atoms with Gasteiger partial charge in [0.2, 0.25) is 0 Å². The third kappa shape index (κ3) is 3.62. The molecule has 3 atom stereocenters. The number of hydrogen-bond acceptors (Lipinski definition) is 3. The SMILES string of the molecule is Brc1cnn(CCNC2CCCC2C2CCCCN2)c1. The summed E-state index contributed by atoms with van der Waals surface area (Å²) in [5.41, 5.74) is 0. The van der Waals surface area contributed by atoms with Crippen molar-refractivity contribution in [3.05, 3.63) is 16.9 Å². The monoisotopic (exact) mass is 340 g/mol. The average Bonchev–Trinajstić information content (AvgIpc) is 3.09. The second-order valence-corrected chi connectivity index (χ2v) is 7.05. The number of halogens is 1. The highest BCUT2D eigenvalue weighted by atomic mass is 79.9. The van der Waals surface area contributed by atoms with E-state index in [-0.39, 0.29) is 0 Å². The van der Waals surface area contributed by atoms with Gasteiger partial charge < -0.3 is 10.6 Å². The maximum atomic E-state index is 4.31. The first-order chi connectivity index (χ1) is 9.83. The molecule has 1 aliphatic heterocycles. The molecule has 0 radical (unpaired) electrons. The second-order valence-electron chi connectivity index (χ2n) is 6.13. The molecule has 2 heterocycles. The zero-order valence-electron chi connectivity index (χ0n) is 12.0. The molecule has 2 aliphatic rings. The number of aromatic nitrogens is 2. The summed E-state index contributed by atoms with van der Waals surface area (Å²) in [7, 11) is 0. The lowest BCUT2D eigenvalue weighted by Gasteiger charge is -2.33. The fourth-order valence-electron chi connectivity index (χ4n) is 3.79. The van der Waals surface area contributed by atoms with Gasteiger partial charge in [0.1, 0.15) is 0 Å². The average molecular weight is 341 g/mol. The quantitative estimate of drug-likeness (QED) is 0.865. The van der Waals surface area contributed by atoms with Crippen molar-refractivity contribution in [1.82, 2.24) is 20.4 Å². The van der Waals surface area contributed by atoms with Crippen LogP contribution in [0.5, 0.6) is 0 Å². The molecule has 0 aromatic carbocycles. The van der Waals surface area contributed by atoms with Gasteiger partial charge in [-0.2, -0.15) is 5.10 Å². The van der Waals surface area contributed by atoms with Crippen LogP contribution >= 0.6 is 15.9 Å². The van der Waals surface area contributed by atoms with Gasteiger partial charge in [0.15, 0.2) is 0 Å². The first kappa shape index (κ1) is 14.5. The largest absolute Gasteiger partial charge is 0.314 e. The van der Waals surface area contributed by atoms with E-state index >= 15 is 0 Å². The van der Waals surface area contributed by atoms with Crippen LogP contribution in [-0.4, -0.2) is 35.0 Å². The van der Waals surface area contributed by atoms with Crippen LogP contribution in [0.1, 0.15) is 38.5 Å². The van der Waals surface area contributed by atoms with E-state index in [9.17, 15) is 0 Å². The lowest BCUT2D eigenvalue weighted by atomic mass is 9.88. The molecule has 3 rings (SSSR count). The summed E-state index contributed by atoms with van der Waals surface area (Å²) in [6, 6.07) is 1.45. The molecule has 0 amide bonds. The van der Waals surface area contributed by atoms with Crippen LogP contribution in [0.25, 0.3) is 0 Å². The number of rotatable bonds is 5. The Bertz CT molecular complexity index is 414. The summed E-state index contributed by atoms with van der Waals surface area (Å²) >= 11 is 3.44. The van der Waals surface area contributed by atoms with Gasteiger partial charge in [-0.15, -0.1) is 0 Å². The number of hydrogen-bond donors (Lipinski definition) is 2. The Kier molecular flexibility index (Phi) is 5.13. The van der Waals surface area contributed by atoms with Crippen LogP contribution in [0.3, 0.4) is 0 Å². The molecular formula is C15H25BrN4. The summed E-state index contributed by atoms with van der Waals surface area (Å²) < 4.78 is 3.06. The van der Waals surface area contributed by atoms with Crippen LogP contribution in [-0.2, 0) is 6.54 Å². The molecule has 5 heteroatoms. The molecule has 0 spiro atoms. The molecule has 1 saturated carbocycles. The normalized spacial score (nSPS) is 30.8. The van der Waals surface area contributed by atoms with Crippen LogP contribution < -0.4 is 10.6 Å². The highest BCUT2D eigenvalue weighted by Crippen LogP contribution is 2.31. The molecule has 112 valence electrons. The molecule has 1 aromatic rings. The molecule has 3 unspecified atom stereocenters. The van der Waals surface area contributed by atoms with E-state index in [4.69, 9.17) is 0 Å². The molecular weight excluding hydrogens is 316 g/mol. The van der Waals surface area contributed by atoms with Crippen molar-refractivity contribution in [2.75, 3.05) is 13.1 Å². The molecule has 2 fully saturated rings. The number of nitrogens with one attached hydrogen (secondary N) is 2. The molecule has 20 heavy (non-hydrogen) atoms. The van der Waals surface area contributed by atoms with Gasteiger partial charge in [-0.1, -0.05) is 12.8 Å². The number of piperidine rings is 1. The van der Waals surface area contributed by atoms with Crippen LogP contribution in [0.15, 0.2) is 16.9 Å². The topological polar surface area (TPSA) is 41.9 Å². The molecule has 2 N–H and O–H groups in total. The fourth-order valence-corrected chi connectivity index (χ4v) is 4.12. The molecule has 1 saturated heterocycles. The van der Waals surface area contributed by atoms with Crippen molar-refractivity contribution in [1.29, 1.82) is 0 Å². The van der Waals surface area contributed by atoms with Crippen LogP contribution in [0, 0.1) is 5.92 Å². The van der Waals surface area contributed by atoms with Crippen molar-refractivity contribution in [3.8, 4) is 0 Å². The van der Waals surface area contributed by atoms with Gasteiger partial charge in [-0.25, -0.2) is 0 Å². The zero-order chi connectivity index (χ0) is 13.8. The Labute approximate surface area is 129 Å². The van der Waals surface area contributed by atoms with Crippen LogP contribution in [0.4, 0.5) is 0 Å².